The minimum absolute atomic E-state index is 0.155. The average Bonchev–Trinajstić information content (AvgIpc) is 3.36. The van der Waals surface area contributed by atoms with Gasteiger partial charge >= 0.3 is 8.25 Å². The molecule has 33 heavy (non-hydrogen) atoms. The summed E-state index contributed by atoms with van der Waals surface area (Å²) in [6, 6.07) is 21.4. The third kappa shape index (κ3) is 9.07. The van der Waals surface area contributed by atoms with Gasteiger partial charge in [0.25, 0.3) is 0 Å². The molecule has 0 saturated carbocycles. The Balaban J connectivity index is 1.50. The number of hydrogen-bond acceptors (Lipinski definition) is 5. The minimum atomic E-state index is -2.84. The number of ether oxygens (including phenoxy) is 1. The molecule has 7 heteroatoms. The topological polar surface area (TPSA) is 67.8 Å². The van der Waals surface area contributed by atoms with Crippen LogP contribution < -0.4 is 10.1 Å². The standard InChI is InChI=1S/C26H34NO4PS/c1-21(27-16-9-18-31-32(28)29)23-14-15-25(24(20-23)26-13-8-19-33-26)30-17-7-3-6-12-22-10-4-2-5-11-22/h2,4-5,8,10-11,13-15,19-21,27,32H,3,6-7,9,12,16-18H2,1H3,(H,28,29). The molecule has 2 unspecified atom stereocenters. The second-order valence-corrected chi connectivity index (χ2v) is 9.79. The van der Waals surface area contributed by atoms with E-state index >= 15 is 0 Å². The summed E-state index contributed by atoms with van der Waals surface area (Å²) in [4.78, 5) is 9.93. The first-order chi connectivity index (χ1) is 16.1. The Morgan fingerprint density at radius 1 is 1.00 bits per heavy atom. The van der Waals surface area contributed by atoms with Crippen LogP contribution in [0.1, 0.15) is 49.8 Å². The fourth-order valence-corrected chi connectivity index (χ4v) is 4.74. The first kappa shape index (κ1) is 25.7. The lowest BCUT2D eigenvalue weighted by Crippen LogP contribution is -2.20. The van der Waals surface area contributed by atoms with Crippen LogP contribution >= 0.6 is 19.6 Å². The Morgan fingerprint density at radius 2 is 1.85 bits per heavy atom. The van der Waals surface area contributed by atoms with Gasteiger partial charge in [0, 0.05) is 16.5 Å². The lowest BCUT2D eigenvalue weighted by Gasteiger charge is -2.17. The van der Waals surface area contributed by atoms with Crippen molar-refractivity contribution >= 4 is 19.6 Å². The molecule has 0 aliphatic carbocycles. The van der Waals surface area contributed by atoms with Gasteiger partial charge in [0.15, 0.2) is 0 Å². The van der Waals surface area contributed by atoms with Gasteiger partial charge < -0.3 is 19.5 Å². The maximum absolute atomic E-state index is 10.6. The molecule has 1 aromatic heterocycles. The van der Waals surface area contributed by atoms with Crippen LogP contribution in [0.2, 0.25) is 0 Å². The fourth-order valence-electron chi connectivity index (χ4n) is 3.67. The Hall–Kier alpha value is -1.95. The van der Waals surface area contributed by atoms with E-state index in [0.717, 1.165) is 30.6 Å². The van der Waals surface area contributed by atoms with Gasteiger partial charge in [-0.05, 0) is 80.3 Å². The SMILES string of the molecule is CC(NCCCO[PH](=O)O)c1ccc(OCCCCCc2ccccc2)c(-c2cccs2)c1. The highest BCUT2D eigenvalue weighted by atomic mass is 32.1. The summed E-state index contributed by atoms with van der Waals surface area (Å²) in [6.07, 6.45) is 5.17. The smallest absolute Gasteiger partial charge is 0.316 e. The molecule has 0 amide bonds. The van der Waals surface area contributed by atoms with E-state index < -0.39 is 8.25 Å². The van der Waals surface area contributed by atoms with E-state index in [4.69, 9.17) is 14.2 Å². The van der Waals surface area contributed by atoms with Crippen LogP contribution in [0.25, 0.3) is 10.4 Å². The largest absolute Gasteiger partial charge is 0.493 e. The monoisotopic (exact) mass is 487 g/mol. The summed E-state index contributed by atoms with van der Waals surface area (Å²) >= 11 is 1.72. The first-order valence-electron chi connectivity index (χ1n) is 11.6. The Morgan fingerprint density at radius 3 is 2.61 bits per heavy atom. The van der Waals surface area contributed by atoms with Crippen LogP contribution in [0.15, 0.2) is 66.0 Å². The molecule has 0 saturated heterocycles. The molecule has 2 aromatic carbocycles. The van der Waals surface area contributed by atoms with Gasteiger partial charge in [-0.15, -0.1) is 11.3 Å². The van der Waals surface area contributed by atoms with E-state index in [2.05, 4.69) is 78.3 Å². The van der Waals surface area contributed by atoms with E-state index in [1.807, 2.05) is 0 Å². The van der Waals surface area contributed by atoms with Crippen molar-refractivity contribution in [2.24, 2.45) is 0 Å². The first-order valence-corrected chi connectivity index (χ1v) is 13.7. The highest BCUT2D eigenvalue weighted by molar-refractivity contribution is 7.32. The molecule has 3 aromatic rings. The van der Waals surface area contributed by atoms with Crippen molar-refractivity contribution in [1.82, 2.24) is 5.32 Å². The summed E-state index contributed by atoms with van der Waals surface area (Å²) in [5.74, 6) is 0.929. The molecule has 178 valence electrons. The van der Waals surface area contributed by atoms with Gasteiger partial charge in [-0.3, -0.25) is 4.57 Å². The summed E-state index contributed by atoms with van der Waals surface area (Å²) in [6.45, 7) is 3.84. The summed E-state index contributed by atoms with van der Waals surface area (Å²) in [7, 11) is -2.84. The highest BCUT2D eigenvalue weighted by Crippen LogP contribution is 2.35. The molecule has 3 rings (SSSR count). The van der Waals surface area contributed by atoms with Crippen molar-refractivity contribution in [2.45, 2.75) is 45.1 Å². The van der Waals surface area contributed by atoms with Crippen molar-refractivity contribution in [3.8, 4) is 16.2 Å². The normalized spacial score (nSPS) is 13.0. The van der Waals surface area contributed by atoms with Crippen molar-refractivity contribution in [3.05, 3.63) is 77.2 Å². The maximum atomic E-state index is 10.6. The van der Waals surface area contributed by atoms with Crippen LogP contribution in [-0.2, 0) is 15.5 Å². The predicted octanol–water partition coefficient (Wildman–Crippen LogP) is 6.65. The van der Waals surface area contributed by atoms with Gasteiger partial charge in [0.2, 0.25) is 0 Å². The van der Waals surface area contributed by atoms with Gasteiger partial charge in [0.1, 0.15) is 5.75 Å². The lowest BCUT2D eigenvalue weighted by molar-refractivity contribution is 0.274. The quantitative estimate of drug-likeness (QED) is 0.186. The number of unbranched alkanes of at least 4 members (excludes halogenated alkanes) is 2. The molecule has 0 spiro atoms. The van der Waals surface area contributed by atoms with Crippen molar-refractivity contribution in [1.29, 1.82) is 0 Å². The van der Waals surface area contributed by atoms with E-state index in [1.54, 1.807) is 11.3 Å². The summed E-state index contributed by atoms with van der Waals surface area (Å²) in [5, 5.41) is 5.54. The van der Waals surface area contributed by atoms with Crippen LogP contribution in [0.5, 0.6) is 5.75 Å². The summed E-state index contributed by atoms with van der Waals surface area (Å²) < 4.78 is 21.6. The van der Waals surface area contributed by atoms with Crippen LogP contribution in [0.3, 0.4) is 0 Å². The van der Waals surface area contributed by atoms with E-state index in [-0.39, 0.29) is 12.6 Å². The highest BCUT2D eigenvalue weighted by Gasteiger charge is 2.12. The zero-order valence-corrected chi connectivity index (χ0v) is 21.0. The Bertz CT molecular complexity index is 966. The van der Waals surface area contributed by atoms with Gasteiger partial charge in [-0.25, -0.2) is 0 Å². The van der Waals surface area contributed by atoms with Gasteiger partial charge in [0.05, 0.1) is 13.2 Å². The molecule has 0 aliphatic rings. The number of rotatable bonds is 15. The van der Waals surface area contributed by atoms with Gasteiger partial charge in [-0.2, -0.15) is 0 Å². The summed E-state index contributed by atoms with van der Waals surface area (Å²) in [5.41, 5.74) is 3.71. The minimum Gasteiger partial charge on any atom is -0.493 e. The average molecular weight is 488 g/mol. The van der Waals surface area contributed by atoms with Crippen molar-refractivity contribution in [2.75, 3.05) is 19.8 Å². The molecule has 0 fully saturated rings. The number of nitrogens with one attached hydrogen (secondary N) is 1. The lowest BCUT2D eigenvalue weighted by atomic mass is 10.0. The molecule has 2 atom stereocenters. The fraction of sp³-hybridized carbons (Fsp3) is 0.385. The third-order valence-corrected chi connectivity index (χ3v) is 6.85. The molecule has 2 N–H and O–H groups in total. The van der Waals surface area contributed by atoms with E-state index in [0.29, 0.717) is 19.6 Å². The number of hydrogen-bond donors (Lipinski definition) is 2. The Labute approximate surface area is 201 Å². The maximum Gasteiger partial charge on any atom is 0.316 e. The molecule has 0 radical (unpaired) electrons. The second-order valence-electron chi connectivity index (χ2n) is 8.02. The van der Waals surface area contributed by atoms with Crippen LogP contribution in [0, 0.1) is 0 Å². The molecule has 0 aliphatic heterocycles. The zero-order valence-electron chi connectivity index (χ0n) is 19.2. The van der Waals surface area contributed by atoms with Crippen LogP contribution in [0.4, 0.5) is 0 Å². The van der Waals surface area contributed by atoms with Crippen molar-refractivity contribution < 1.29 is 18.7 Å². The molecular formula is C26H34NO4PS. The van der Waals surface area contributed by atoms with E-state index in [9.17, 15) is 4.57 Å². The molecule has 0 bridgehead atoms. The number of benzene rings is 2. The second kappa shape index (κ2) is 14.3. The Kier molecular flexibility index (Phi) is 11.2. The predicted molar refractivity (Wildman–Crippen MR) is 137 cm³/mol. The number of thiophene rings is 1. The molecule has 5 nitrogen and oxygen atoms in total. The molecule has 1 heterocycles. The number of aryl methyl sites for hydroxylation is 1. The molecular weight excluding hydrogens is 453 g/mol. The van der Waals surface area contributed by atoms with Crippen LogP contribution in [-0.4, -0.2) is 24.7 Å². The van der Waals surface area contributed by atoms with Gasteiger partial charge in [-0.1, -0.05) is 42.5 Å². The zero-order chi connectivity index (χ0) is 23.3. The van der Waals surface area contributed by atoms with E-state index in [1.165, 1.54) is 22.4 Å². The third-order valence-electron chi connectivity index (χ3n) is 5.50. The van der Waals surface area contributed by atoms with Crippen molar-refractivity contribution in [3.63, 3.8) is 0 Å².